The molecule has 0 spiro atoms. The van der Waals surface area contributed by atoms with Crippen LogP contribution in [-0.4, -0.2) is 20.5 Å². The van der Waals surface area contributed by atoms with E-state index in [1.807, 2.05) is 12.1 Å². The summed E-state index contributed by atoms with van der Waals surface area (Å²) in [6, 6.07) is 3.65. The predicted molar refractivity (Wildman–Crippen MR) is 95.3 cm³/mol. The van der Waals surface area contributed by atoms with Crippen molar-refractivity contribution < 1.29 is 4.74 Å². The topological polar surface area (TPSA) is 86.0 Å². The third kappa shape index (κ3) is 2.69. The van der Waals surface area contributed by atoms with E-state index < -0.39 is 0 Å². The Bertz CT molecular complexity index is 743. The largest absolute Gasteiger partial charge is 0.435 e. The van der Waals surface area contributed by atoms with Crippen molar-refractivity contribution in [3.05, 3.63) is 30.9 Å². The molecule has 2 heterocycles. The van der Waals surface area contributed by atoms with E-state index >= 15 is 0 Å². The Balaban J connectivity index is 1.40. The number of hydrogen-bond donors (Lipinski definition) is 2. The van der Waals surface area contributed by atoms with Crippen LogP contribution >= 0.6 is 0 Å². The molecule has 6 rings (SSSR count). The Kier molecular flexibility index (Phi) is 3.33. The van der Waals surface area contributed by atoms with E-state index in [9.17, 15) is 0 Å². The van der Waals surface area contributed by atoms with Crippen LogP contribution in [0.25, 0.3) is 0 Å². The first-order valence-electron chi connectivity index (χ1n) is 9.16. The highest BCUT2D eigenvalue weighted by Crippen LogP contribution is 2.56. The third-order valence-electron chi connectivity index (χ3n) is 6.12. The number of nitrogens with zero attached hydrogens (tertiary/aromatic N) is 3. The first-order chi connectivity index (χ1) is 12.2. The lowest BCUT2D eigenvalue weighted by Gasteiger charge is -2.57. The molecule has 3 N–H and O–H groups in total. The zero-order valence-electron chi connectivity index (χ0n) is 14.2. The Morgan fingerprint density at radius 2 is 1.80 bits per heavy atom. The van der Waals surface area contributed by atoms with Crippen LogP contribution in [0.1, 0.15) is 38.5 Å². The van der Waals surface area contributed by atoms with Crippen LogP contribution in [0.3, 0.4) is 0 Å². The van der Waals surface area contributed by atoms with E-state index in [0.717, 1.165) is 17.8 Å². The number of hydrogen-bond acceptors (Lipinski definition) is 6. The molecular formula is C19H23N5O. The van der Waals surface area contributed by atoms with Gasteiger partial charge in [-0.05, 0) is 68.4 Å². The maximum absolute atomic E-state index is 6.33. The maximum Gasteiger partial charge on any atom is 0.248 e. The number of nitrogens with one attached hydrogen (secondary N) is 1. The van der Waals surface area contributed by atoms with Gasteiger partial charge < -0.3 is 15.8 Å². The summed E-state index contributed by atoms with van der Waals surface area (Å²) in [6.45, 7) is 0. The van der Waals surface area contributed by atoms with Gasteiger partial charge in [0.05, 0.1) is 6.20 Å². The molecular weight excluding hydrogens is 314 g/mol. The maximum atomic E-state index is 6.33. The van der Waals surface area contributed by atoms with Crippen LogP contribution < -0.4 is 15.8 Å². The summed E-state index contributed by atoms with van der Waals surface area (Å²) < 4.78 is 5.79. The summed E-state index contributed by atoms with van der Waals surface area (Å²) >= 11 is 0. The molecule has 4 bridgehead atoms. The van der Waals surface area contributed by atoms with E-state index in [2.05, 4.69) is 20.3 Å². The van der Waals surface area contributed by atoms with Crippen molar-refractivity contribution in [2.24, 2.45) is 17.8 Å². The average Bonchev–Trinajstić information content (AvgIpc) is 2.58. The van der Waals surface area contributed by atoms with Gasteiger partial charge in [0.1, 0.15) is 17.8 Å². The van der Waals surface area contributed by atoms with Crippen molar-refractivity contribution in [3.63, 3.8) is 0 Å². The standard InChI is InChI=1S/C19H23N5O/c20-16-17(22-11-23-18(16)25-15-2-1-3-21-10-15)24-19-7-12-4-13(8-19)6-14(5-12)9-19/h1-3,10-14H,4-9,20H2,(H,22,23,24). The number of rotatable bonds is 4. The van der Waals surface area contributed by atoms with Gasteiger partial charge in [-0.2, -0.15) is 4.98 Å². The second kappa shape index (κ2) is 5.58. The lowest BCUT2D eigenvalue weighted by Crippen LogP contribution is -2.55. The quantitative estimate of drug-likeness (QED) is 0.886. The van der Waals surface area contributed by atoms with Crippen molar-refractivity contribution >= 4 is 11.5 Å². The normalized spacial score (nSPS) is 32.6. The Labute approximate surface area is 147 Å². The van der Waals surface area contributed by atoms with Gasteiger partial charge in [-0.1, -0.05) is 0 Å². The molecule has 0 radical (unpaired) electrons. The van der Waals surface area contributed by atoms with Crippen molar-refractivity contribution in [3.8, 4) is 11.6 Å². The van der Waals surface area contributed by atoms with Crippen LogP contribution in [-0.2, 0) is 0 Å². The summed E-state index contributed by atoms with van der Waals surface area (Å²) in [5, 5.41) is 3.71. The zero-order chi connectivity index (χ0) is 16.9. The lowest BCUT2D eigenvalue weighted by atomic mass is 9.53. The molecule has 0 aliphatic heterocycles. The molecule has 4 fully saturated rings. The molecule has 6 nitrogen and oxygen atoms in total. The van der Waals surface area contributed by atoms with Crippen LogP contribution in [0.5, 0.6) is 11.6 Å². The van der Waals surface area contributed by atoms with Gasteiger partial charge in [0, 0.05) is 11.7 Å². The molecule has 0 atom stereocenters. The van der Waals surface area contributed by atoms with Crippen molar-refractivity contribution in [2.75, 3.05) is 11.1 Å². The molecule has 130 valence electrons. The minimum Gasteiger partial charge on any atom is -0.435 e. The van der Waals surface area contributed by atoms with Crippen molar-refractivity contribution in [1.29, 1.82) is 0 Å². The molecule has 2 aromatic rings. The first-order valence-corrected chi connectivity index (χ1v) is 9.16. The van der Waals surface area contributed by atoms with Gasteiger partial charge in [0.15, 0.2) is 5.82 Å². The number of anilines is 2. The Morgan fingerprint density at radius 3 is 2.44 bits per heavy atom. The Hall–Kier alpha value is -2.37. The number of nitrogens with two attached hydrogens (primary N) is 1. The van der Waals surface area contributed by atoms with Gasteiger partial charge in [0.2, 0.25) is 5.88 Å². The summed E-state index contributed by atoms with van der Waals surface area (Å²) in [5.41, 5.74) is 6.96. The van der Waals surface area contributed by atoms with E-state index in [1.54, 1.807) is 12.4 Å². The van der Waals surface area contributed by atoms with Gasteiger partial charge >= 0.3 is 0 Å². The molecule has 0 unspecified atom stereocenters. The van der Waals surface area contributed by atoms with Crippen LogP contribution in [0.2, 0.25) is 0 Å². The smallest absolute Gasteiger partial charge is 0.248 e. The average molecular weight is 337 g/mol. The molecule has 0 saturated heterocycles. The predicted octanol–water partition coefficient (Wildman–Crippen LogP) is 3.63. The summed E-state index contributed by atoms with van der Waals surface area (Å²) in [6.07, 6.45) is 12.8. The van der Waals surface area contributed by atoms with Crippen LogP contribution in [0.15, 0.2) is 30.9 Å². The van der Waals surface area contributed by atoms with Gasteiger partial charge in [-0.25, -0.2) is 4.98 Å². The van der Waals surface area contributed by atoms with Gasteiger partial charge in [-0.15, -0.1) is 0 Å². The number of aromatic nitrogens is 3. The molecule has 25 heavy (non-hydrogen) atoms. The highest BCUT2D eigenvalue weighted by atomic mass is 16.5. The summed E-state index contributed by atoms with van der Waals surface area (Å²) in [4.78, 5) is 12.7. The van der Waals surface area contributed by atoms with E-state index in [4.69, 9.17) is 10.5 Å². The molecule has 0 amide bonds. The SMILES string of the molecule is Nc1c(NC23CC4CC(CC(C4)C2)C3)ncnc1Oc1cccnc1. The molecule has 4 saturated carbocycles. The summed E-state index contributed by atoms with van der Waals surface area (Å²) in [7, 11) is 0. The van der Waals surface area contributed by atoms with E-state index in [0.29, 0.717) is 23.1 Å². The second-order valence-electron chi connectivity index (χ2n) is 8.05. The fourth-order valence-electron chi connectivity index (χ4n) is 5.59. The van der Waals surface area contributed by atoms with Crippen molar-refractivity contribution in [1.82, 2.24) is 15.0 Å². The van der Waals surface area contributed by atoms with Gasteiger partial charge in [-0.3, -0.25) is 4.98 Å². The fraction of sp³-hybridized carbons (Fsp3) is 0.526. The third-order valence-corrected chi connectivity index (χ3v) is 6.12. The minimum absolute atomic E-state index is 0.156. The molecule has 4 aliphatic rings. The van der Waals surface area contributed by atoms with Crippen LogP contribution in [0.4, 0.5) is 11.5 Å². The molecule has 6 heteroatoms. The molecule has 2 aromatic heterocycles. The highest BCUT2D eigenvalue weighted by Gasteiger charge is 2.51. The fourth-order valence-corrected chi connectivity index (χ4v) is 5.59. The lowest BCUT2D eigenvalue weighted by molar-refractivity contribution is 0.0106. The molecule has 4 aliphatic carbocycles. The minimum atomic E-state index is 0.156. The molecule has 0 aromatic carbocycles. The number of ether oxygens (including phenoxy) is 1. The van der Waals surface area contributed by atoms with Crippen LogP contribution in [0, 0.1) is 17.8 Å². The number of pyridine rings is 1. The number of nitrogen functional groups attached to an aromatic ring is 1. The van der Waals surface area contributed by atoms with E-state index in [-0.39, 0.29) is 5.54 Å². The van der Waals surface area contributed by atoms with Gasteiger partial charge in [0.25, 0.3) is 0 Å². The van der Waals surface area contributed by atoms with Crippen molar-refractivity contribution in [2.45, 2.75) is 44.1 Å². The second-order valence-corrected chi connectivity index (χ2v) is 8.05. The first kappa shape index (κ1) is 14.9. The highest BCUT2D eigenvalue weighted by molar-refractivity contribution is 5.68. The van der Waals surface area contributed by atoms with E-state index in [1.165, 1.54) is 44.9 Å². The monoisotopic (exact) mass is 337 g/mol. The summed E-state index contributed by atoms with van der Waals surface area (Å²) in [5.74, 6) is 4.31. The zero-order valence-corrected chi connectivity index (χ0v) is 14.2. The Morgan fingerprint density at radius 1 is 1.08 bits per heavy atom.